The fourth-order valence-electron chi connectivity index (χ4n) is 2.76. The van der Waals surface area contributed by atoms with Gasteiger partial charge in [-0.2, -0.15) is 0 Å². The summed E-state index contributed by atoms with van der Waals surface area (Å²) in [6.07, 6.45) is 15.3. The van der Waals surface area contributed by atoms with E-state index in [9.17, 15) is 4.79 Å². The van der Waals surface area contributed by atoms with Gasteiger partial charge in [0, 0.05) is 5.57 Å². The van der Waals surface area contributed by atoms with Crippen LogP contribution in [0.15, 0.2) is 58.7 Å². The molecule has 0 spiro atoms. The zero-order chi connectivity index (χ0) is 16.8. The molecule has 0 aromatic rings. The van der Waals surface area contributed by atoms with Crippen LogP contribution in [0, 0.1) is 5.41 Å². The van der Waals surface area contributed by atoms with Crippen LogP contribution in [0.2, 0.25) is 0 Å². The molecule has 22 heavy (non-hydrogen) atoms. The minimum Gasteiger partial charge on any atom is -0.478 e. The Bertz CT molecular complexity index is 567. The van der Waals surface area contributed by atoms with Gasteiger partial charge in [-0.25, -0.2) is 4.79 Å². The lowest BCUT2D eigenvalue weighted by atomic mass is 9.72. The molecule has 0 amide bonds. The van der Waals surface area contributed by atoms with Crippen LogP contribution in [-0.2, 0) is 4.79 Å². The van der Waals surface area contributed by atoms with Crippen LogP contribution in [-0.4, -0.2) is 11.1 Å². The zero-order valence-electron chi connectivity index (χ0n) is 14.4. The van der Waals surface area contributed by atoms with Crippen LogP contribution in [0.4, 0.5) is 0 Å². The molecule has 0 radical (unpaired) electrons. The molecule has 1 rings (SSSR count). The highest BCUT2D eigenvalue weighted by molar-refractivity contribution is 5.86. The molecule has 2 nitrogen and oxygen atoms in total. The molecule has 120 valence electrons. The molecule has 0 aromatic carbocycles. The predicted molar refractivity (Wildman–Crippen MR) is 93.8 cm³/mol. The van der Waals surface area contributed by atoms with Crippen molar-refractivity contribution >= 4 is 5.97 Å². The van der Waals surface area contributed by atoms with Crippen LogP contribution in [0.3, 0.4) is 0 Å². The van der Waals surface area contributed by atoms with Gasteiger partial charge < -0.3 is 5.11 Å². The summed E-state index contributed by atoms with van der Waals surface area (Å²) in [4.78, 5) is 10.7. The Kier molecular flexibility index (Phi) is 6.61. The Balaban J connectivity index is 2.77. The highest BCUT2D eigenvalue weighted by Gasteiger charge is 2.26. The molecule has 0 unspecified atom stereocenters. The van der Waals surface area contributed by atoms with E-state index in [1.54, 1.807) is 19.1 Å². The third-order valence-corrected chi connectivity index (χ3v) is 4.21. The summed E-state index contributed by atoms with van der Waals surface area (Å²) in [6.45, 7) is 10.5. The van der Waals surface area contributed by atoms with Gasteiger partial charge in [0.25, 0.3) is 0 Å². The molecule has 0 saturated carbocycles. The number of aliphatic carboxylic acids is 1. The molecule has 0 aliphatic heterocycles. The van der Waals surface area contributed by atoms with Crippen molar-refractivity contribution in [2.45, 2.75) is 53.9 Å². The van der Waals surface area contributed by atoms with Crippen LogP contribution in [0.25, 0.3) is 0 Å². The van der Waals surface area contributed by atoms with Crippen molar-refractivity contribution in [1.29, 1.82) is 0 Å². The zero-order valence-corrected chi connectivity index (χ0v) is 14.4. The highest BCUT2D eigenvalue weighted by Crippen LogP contribution is 2.40. The second kappa shape index (κ2) is 7.98. The van der Waals surface area contributed by atoms with Gasteiger partial charge in [-0.15, -0.1) is 0 Å². The molecule has 1 aliphatic carbocycles. The second-order valence-electron chi connectivity index (χ2n) is 6.72. The quantitative estimate of drug-likeness (QED) is 0.530. The van der Waals surface area contributed by atoms with Crippen molar-refractivity contribution in [3.05, 3.63) is 58.7 Å². The molecule has 0 saturated heterocycles. The van der Waals surface area contributed by atoms with Gasteiger partial charge in [-0.1, -0.05) is 61.4 Å². The Morgan fingerprint density at radius 2 is 1.82 bits per heavy atom. The van der Waals surface area contributed by atoms with Crippen molar-refractivity contribution < 1.29 is 9.90 Å². The van der Waals surface area contributed by atoms with E-state index in [0.717, 1.165) is 5.57 Å². The van der Waals surface area contributed by atoms with E-state index < -0.39 is 5.97 Å². The monoisotopic (exact) mass is 300 g/mol. The highest BCUT2D eigenvalue weighted by atomic mass is 16.4. The van der Waals surface area contributed by atoms with Crippen LogP contribution in [0.1, 0.15) is 53.9 Å². The number of hydrogen-bond donors (Lipinski definition) is 1. The molecule has 2 heteroatoms. The summed E-state index contributed by atoms with van der Waals surface area (Å²) in [5, 5.41) is 8.76. The van der Waals surface area contributed by atoms with Gasteiger partial charge in [0.05, 0.1) is 0 Å². The molecular weight excluding hydrogens is 272 g/mol. The minimum absolute atomic E-state index is 0.260. The largest absolute Gasteiger partial charge is 0.478 e. The normalized spacial score (nSPS) is 20.2. The minimum atomic E-state index is -0.882. The first-order valence-electron chi connectivity index (χ1n) is 7.87. The van der Waals surface area contributed by atoms with Gasteiger partial charge >= 0.3 is 5.97 Å². The third kappa shape index (κ3) is 5.51. The summed E-state index contributed by atoms with van der Waals surface area (Å²) in [5.74, 6) is -0.882. The third-order valence-electron chi connectivity index (χ3n) is 4.21. The van der Waals surface area contributed by atoms with Crippen molar-refractivity contribution in [1.82, 2.24) is 0 Å². The number of carbonyl (C=O) groups is 1. The van der Waals surface area contributed by atoms with Crippen LogP contribution in [0.5, 0.6) is 0 Å². The van der Waals surface area contributed by atoms with E-state index in [0.29, 0.717) is 5.57 Å². The van der Waals surface area contributed by atoms with Crippen molar-refractivity contribution in [2.75, 3.05) is 0 Å². The van der Waals surface area contributed by atoms with E-state index in [2.05, 4.69) is 39.8 Å². The Labute approximate surface area is 134 Å². The fourth-order valence-corrected chi connectivity index (χ4v) is 2.76. The van der Waals surface area contributed by atoms with E-state index in [1.807, 2.05) is 12.2 Å². The standard InChI is InChI=1S/C20H28O2/c1-15(9-6-7-10-17(3)19(21)22)12-13-18-16(2)11-8-14-20(18,4)5/h6-7,9-10,12-13H,8,11,14H2,1-5H3,(H,21,22)/b7-6+,13-12+,15-9+,17-10+. The average molecular weight is 300 g/mol. The van der Waals surface area contributed by atoms with E-state index in [-0.39, 0.29) is 5.41 Å². The van der Waals surface area contributed by atoms with E-state index in [1.165, 1.54) is 30.4 Å². The SMILES string of the molecule is CC1=C(/C=C/C(C)=C/C=C/C=C(\C)C(=O)O)C(C)(C)CCC1. The van der Waals surface area contributed by atoms with Crippen LogP contribution >= 0.6 is 0 Å². The van der Waals surface area contributed by atoms with Gasteiger partial charge in [0.2, 0.25) is 0 Å². The predicted octanol–water partition coefficient (Wildman–Crippen LogP) is 5.60. The van der Waals surface area contributed by atoms with Crippen molar-refractivity contribution in [2.24, 2.45) is 5.41 Å². The first-order valence-corrected chi connectivity index (χ1v) is 7.87. The van der Waals surface area contributed by atoms with Gasteiger partial charge in [-0.05, 0) is 51.0 Å². The van der Waals surface area contributed by atoms with Crippen molar-refractivity contribution in [3.63, 3.8) is 0 Å². The first-order chi connectivity index (χ1) is 10.2. The van der Waals surface area contributed by atoms with E-state index >= 15 is 0 Å². The second-order valence-corrected chi connectivity index (χ2v) is 6.72. The Morgan fingerprint density at radius 1 is 1.18 bits per heavy atom. The lowest BCUT2D eigenvalue weighted by Crippen LogP contribution is -2.19. The Hall–Kier alpha value is -1.83. The molecule has 0 atom stereocenters. The first kappa shape index (κ1) is 18.2. The lowest BCUT2D eigenvalue weighted by Gasteiger charge is -2.32. The number of rotatable bonds is 5. The fraction of sp³-hybridized carbons (Fsp3) is 0.450. The topological polar surface area (TPSA) is 37.3 Å². The summed E-state index contributed by atoms with van der Waals surface area (Å²) in [7, 11) is 0. The van der Waals surface area contributed by atoms with Gasteiger partial charge in [-0.3, -0.25) is 0 Å². The smallest absolute Gasteiger partial charge is 0.331 e. The maximum absolute atomic E-state index is 10.7. The maximum atomic E-state index is 10.7. The summed E-state index contributed by atoms with van der Waals surface area (Å²) >= 11 is 0. The van der Waals surface area contributed by atoms with Gasteiger partial charge in [0.1, 0.15) is 0 Å². The average Bonchev–Trinajstić information content (AvgIpc) is 2.41. The number of allylic oxidation sites excluding steroid dienone is 9. The van der Waals surface area contributed by atoms with Crippen molar-refractivity contribution in [3.8, 4) is 0 Å². The molecule has 0 heterocycles. The molecular formula is C20H28O2. The van der Waals surface area contributed by atoms with Crippen LogP contribution < -0.4 is 0 Å². The summed E-state index contributed by atoms with van der Waals surface area (Å²) in [5.41, 5.74) is 4.70. The Morgan fingerprint density at radius 3 is 2.41 bits per heavy atom. The number of carboxylic acid groups (broad SMARTS) is 1. The number of carboxylic acids is 1. The van der Waals surface area contributed by atoms with Gasteiger partial charge in [0.15, 0.2) is 0 Å². The molecule has 0 aromatic heterocycles. The molecule has 0 bridgehead atoms. The molecule has 0 fully saturated rings. The lowest BCUT2D eigenvalue weighted by molar-refractivity contribution is -0.132. The maximum Gasteiger partial charge on any atom is 0.331 e. The molecule has 1 aliphatic rings. The number of hydrogen-bond acceptors (Lipinski definition) is 1. The van der Waals surface area contributed by atoms with E-state index in [4.69, 9.17) is 5.11 Å². The summed E-state index contributed by atoms with van der Waals surface area (Å²) in [6, 6.07) is 0. The summed E-state index contributed by atoms with van der Waals surface area (Å²) < 4.78 is 0. The molecule has 1 N–H and O–H groups in total.